The third-order valence-corrected chi connectivity index (χ3v) is 4.42. The molecule has 0 bridgehead atoms. The predicted octanol–water partition coefficient (Wildman–Crippen LogP) is 3.04. The average molecular weight is 247 g/mol. The molecule has 1 aromatic heterocycles. The van der Waals surface area contributed by atoms with E-state index in [1.54, 1.807) is 11.3 Å². The largest absolute Gasteiger partial charge is 0.397 e. The Labute approximate surface area is 105 Å². The van der Waals surface area contributed by atoms with Gasteiger partial charge in [0, 0.05) is 13.1 Å². The summed E-state index contributed by atoms with van der Waals surface area (Å²) in [6.07, 6.45) is 3.59. The lowest BCUT2D eigenvalue weighted by Gasteiger charge is -2.11. The van der Waals surface area contributed by atoms with Crippen LogP contribution in [-0.4, -0.2) is 18.1 Å². The van der Waals surface area contributed by atoms with E-state index in [9.17, 15) is 0 Å². The molecule has 90 valence electrons. The topological polar surface area (TPSA) is 42.1 Å². The number of hydrogen-bond acceptors (Lipinski definition) is 4. The molecule has 2 heterocycles. The third kappa shape index (κ3) is 1.86. The van der Waals surface area contributed by atoms with Gasteiger partial charge in [0.25, 0.3) is 0 Å². The monoisotopic (exact) mass is 247 g/mol. The van der Waals surface area contributed by atoms with Crippen LogP contribution in [-0.2, 0) is 6.42 Å². The number of aromatic nitrogens is 1. The van der Waals surface area contributed by atoms with Gasteiger partial charge in [-0.15, -0.1) is 0 Å². The number of aryl methyl sites for hydroxylation is 1. The van der Waals surface area contributed by atoms with Gasteiger partial charge in [-0.2, -0.15) is 0 Å². The van der Waals surface area contributed by atoms with Crippen LogP contribution in [0.15, 0.2) is 12.1 Å². The molecule has 3 rings (SSSR count). The van der Waals surface area contributed by atoms with Crippen LogP contribution in [0.2, 0.25) is 0 Å². The van der Waals surface area contributed by atoms with Crippen molar-refractivity contribution in [2.75, 3.05) is 23.7 Å². The molecule has 1 saturated heterocycles. The van der Waals surface area contributed by atoms with E-state index in [1.165, 1.54) is 23.1 Å². The minimum atomic E-state index is 0.820. The first-order chi connectivity index (χ1) is 8.28. The van der Waals surface area contributed by atoms with Gasteiger partial charge in [0.05, 0.1) is 10.4 Å². The van der Waals surface area contributed by atoms with E-state index in [1.807, 2.05) is 0 Å². The fraction of sp³-hybridized carbons (Fsp3) is 0.462. The van der Waals surface area contributed by atoms with Crippen molar-refractivity contribution in [1.29, 1.82) is 0 Å². The van der Waals surface area contributed by atoms with Crippen molar-refractivity contribution in [2.24, 2.45) is 0 Å². The SMILES string of the molecule is CCc1cc(N)c2nc(N3CCCC3)sc2c1. The summed E-state index contributed by atoms with van der Waals surface area (Å²) in [5.41, 5.74) is 9.17. The predicted molar refractivity (Wildman–Crippen MR) is 74.9 cm³/mol. The van der Waals surface area contributed by atoms with E-state index in [4.69, 9.17) is 5.73 Å². The zero-order chi connectivity index (χ0) is 11.8. The number of thiazole rings is 1. The highest BCUT2D eigenvalue weighted by Gasteiger charge is 2.17. The number of nitrogens with zero attached hydrogens (tertiary/aromatic N) is 2. The normalized spacial score (nSPS) is 15.9. The van der Waals surface area contributed by atoms with Gasteiger partial charge in [0.2, 0.25) is 0 Å². The molecule has 2 aromatic rings. The lowest BCUT2D eigenvalue weighted by Crippen LogP contribution is -2.16. The maximum absolute atomic E-state index is 6.07. The molecule has 3 nitrogen and oxygen atoms in total. The molecule has 0 amide bonds. The van der Waals surface area contributed by atoms with Crippen LogP contribution in [0.25, 0.3) is 10.2 Å². The smallest absolute Gasteiger partial charge is 0.186 e. The summed E-state index contributed by atoms with van der Waals surface area (Å²) < 4.78 is 1.23. The summed E-state index contributed by atoms with van der Waals surface area (Å²) >= 11 is 1.77. The lowest BCUT2D eigenvalue weighted by atomic mass is 10.1. The van der Waals surface area contributed by atoms with Crippen LogP contribution in [0.5, 0.6) is 0 Å². The third-order valence-electron chi connectivity index (χ3n) is 3.36. The number of hydrogen-bond donors (Lipinski definition) is 1. The summed E-state index contributed by atoms with van der Waals surface area (Å²) in [5, 5.41) is 1.14. The van der Waals surface area contributed by atoms with Crippen molar-refractivity contribution < 1.29 is 0 Å². The van der Waals surface area contributed by atoms with Crippen LogP contribution in [0.4, 0.5) is 10.8 Å². The average Bonchev–Trinajstić information content (AvgIpc) is 2.96. The van der Waals surface area contributed by atoms with Crippen LogP contribution < -0.4 is 10.6 Å². The number of rotatable bonds is 2. The van der Waals surface area contributed by atoms with Crippen molar-refractivity contribution in [3.05, 3.63) is 17.7 Å². The molecule has 2 N–H and O–H groups in total. The van der Waals surface area contributed by atoms with Crippen molar-refractivity contribution in [3.63, 3.8) is 0 Å². The maximum atomic E-state index is 6.07. The molecule has 1 aliphatic rings. The van der Waals surface area contributed by atoms with Crippen molar-refractivity contribution >= 4 is 32.4 Å². The highest BCUT2D eigenvalue weighted by atomic mass is 32.1. The van der Waals surface area contributed by atoms with Gasteiger partial charge < -0.3 is 10.6 Å². The molecule has 1 aliphatic heterocycles. The molecule has 0 aliphatic carbocycles. The minimum Gasteiger partial charge on any atom is -0.397 e. The van der Waals surface area contributed by atoms with Crippen LogP contribution >= 0.6 is 11.3 Å². The molecule has 0 saturated carbocycles. The second-order valence-electron chi connectivity index (χ2n) is 4.58. The fourth-order valence-corrected chi connectivity index (χ4v) is 3.47. The minimum absolute atomic E-state index is 0.820. The van der Waals surface area contributed by atoms with Gasteiger partial charge >= 0.3 is 0 Å². The first-order valence-electron chi connectivity index (χ1n) is 6.22. The Hall–Kier alpha value is -1.29. The zero-order valence-electron chi connectivity index (χ0n) is 10.1. The van der Waals surface area contributed by atoms with Crippen molar-refractivity contribution in [2.45, 2.75) is 26.2 Å². The molecule has 0 atom stereocenters. The summed E-state index contributed by atoms with van der Waals surface area (Å²) in [5.74, 6) is 0. The molecule has 17 heavy (non-hydrogen) atoms. The van der Waals surface area contributed by atoms with Gasteiger partial charge in [0.15, 0.2) is 5.13 Å². The molecule has 1 fully saturated rings. The number of nitrogens with two attached hydrogens (primary N) is 1. The molecular formula is C13H17N3S. The molecule has 0 spiro atoms. The zero-order valence-corrected chi connectivity index (χ0v) is 10.9. The van der Waals surface area contributed by atoms with E-state index in [0.717, 1.165) is 35.8 Å². The van der Waals surface area contributed by atoms with Gasteiger partial charge in [-0.1, -0.05) is 18.3 Å². The standard InChI is InChI=1S/C13H17N3S/c1-2-9-7-10(14)12-11(8-9)17-13(15-12)16-5-3-4-6-16/h7-8H,2-6,14H2,1H3. The number of benzene rings is 1. The van der Waals surface area contributed by atoms with Crippen LogP contribution in [0.1, 0.15) is 25.3 Å². The summed E-state index contributed by atoms with van der Waals surface area (Å²) in [4.78, 5) is 7.06. The van der Waals surface area contributed by atoms with E-state index in [-0.39, 0.29) is 0 Å². The first-order valence-corrected chi connectivity index (χ1v) is 7.03. The Morgan fingerprint density at radius 3 is 2.82 bits per heavy atom. The van der Waals surface area contributed by atoms with Crippen LogP contribution in [0, 0.1) is 0 Å². The van der Waals surface area contributed by atoms with E-state index in [0.29, 0.717) is 0 Å². The summed E-state index contributed by atoms with van der Waals surface area (Å²) in [6.45, 7) is 4.43. The van der Waals surface area contributed by atoms with Gasteiger partial charge in [-0.05, 0) is 37.0 Å². The van der Waals surface area contributed by atoms with Gasteiger partial charge in [-0.25, -0.2) is 4.98 Å². The summed E-state index contributed by atoms with van der Waals surface area (Å²) in [6, 6.07) is 4.28. The van der Waals surface area contributed by atoms with Crippen molar-refractivity contribution in [3.8, 4) is 0 Å². The Kier molecular flexibility index (Phi) is 2.67. The molecule has 4 heteroatoms. The molecule has 0 radical (unpaired) electrons. The fourth-order valence-electron chi connectivity index (χ4n) is 2.35. The van der Waals surface area contributed by atoms with Gasteiger partial charge in [-0.3, -0.25) is 0 Å². The lowest BCUT2D eigenvalue weighted by molar-refractivity contribution is 0.949. The van der Waals surface area contributed by atoms with E-state index < -0.39 is 0 Å². The van der Waals surface area contributed by atoms with E-state index in [2.05, 4.69) is 28.9 Å². The Balaban J connectivity index is 2.08. The van der Waals surface area contributed by atoms with Crippen molar-refractivity contribution in [1.82, 2.24) is 4.98 Å². The molecule has 0 unspecified atom stereocenters. The maximum Gasteiger partial charge on any atom is 0.186 e. The quantitative estimate of drug-likeness (QED) is 0.829. The Morgan fingerprint density at radius 2 is 2.12 bits per heavy atom. The molecular weight excluding hydrogens is 230 g/mol. The highest BCUT2D eigenvalue weighted by molar-refractivity contribution is 7.22. The molecule has 1 aromatic carbocycles. The number of nitrogen functional groups attached to an aromatic ring is 1. The Bertz CT molecular complexity index is 541. The number of anilines is 2. The Morgan fingerprint density at radius 1 is 1.35 bits per heavy atom. The number of fused-ring (bicyclic) bond motifs is 1. The second kappa shape index (κ2) is 4.18. The second-order valence-corrected chi connectivity index (χ2v) is 5.59. The first kappa shape index (κ1) is 10.8. The summed E-state index contributed by atoms with van der Waals surface area (Å²) in [7, 11) is 0. The van der Waals surface area contributed by atoms with Crippen LogP contribution in [0.3, 0.4) is 0 Å². The highest BCUT2D eigenvalue weighted by Crippen LogP contribution is 2.34. The van der Waals surface area contributed by atoms with Gasteiger partial charge in [0.1, 0.15) is 5.52 Å². The van der Waals surface area contributed by atoms with E-state index >= 15 is 0 Å².